The van der Waals surface area contributed by atoms with Gasteiger partial charge in [-0.25, -0.2) is 23.5 Å². The van der Waals surface area contributed by atoms with Crippen LogP contribution in [0.15, 0.2) is 24.3 Å². The number of anilines is 2. The lowest BCUT2D eigenvalue weighted by molar-refractivity contribution is 0.102. The molecule has 1 aliphatic heterocycles. The van der Waals surface area contributed by atoms with Gasteiger partial charge < -0.3 is 26.0 Å². The molecule has 8 nitrogen and oxygen atoms in total. The number of carbonyl (C=O) groups is 1. The number of halogens is 2. The quantitative estimate of drug-likeness (QED) is 0.524. The van der Waals surface area contributed by atoms with Crippen molar-refractivity contribution in [3.63, 3.8) is 0 Å². The van der Waals surface area contributed by atoms with Crippen LogP contribution in [-0.4, -0.2) is 59.1 Å². The lowest BCUT2D eigenvalue weighted by atomic mass is 10.1. The number of amides is 1. The maximum absolute atomic E-state index is 14.6. The first kappa shape index (κ1) is 23.8. The van der Waals surface area contributed by atoms with Crippen LogP contribution >= 0.6 is 11.3 Å². The fraction of sp³-hybridized carbons (Fsp3) is 0.348. The molecule has 4 N–H and O–H groups in total. The molecule has 2 aromatic heterocycles. The van der Waals surface area contributed by atoms with Crippen LogP contribution in [0.3, 0.4) is 0 Å². The molecule has 1 unspecified atom stereocenters. The molecule has 180 valence electrons. The molecule has 3 heterocycles. The van der Waals surface area contributed by atoms with E-state index in [9.17, 15) is 13.6 Å². The van der Waals surface area contributed by atoms with Crippen molar-refractivity contribution >= 4 is 28.8 Å². The average Bonchev–Trinajstić information content (AvgIpc) is 3.46. The molecule has 0 spiro atoms. The van der Waals surface area contributed by atoms with Gasteiger partial charge in [-0.05, 0) is 45.6 Å². The molecule has 3 aromatic rings. The van der Waals surface area contributed by atoms with Crippen molar-refractivity contribution in [2.24, 2.45) is 0 Å². The summed E-state index contributed by atoms with van der Waals surface area (Å²) in [4.78, 5) is 25.9. The average molecular weight is 489 g/mol. The largest absolute Gasteiger partial charge is 0.442 e. The Morgan fingerprint density at radius 3 is 2.68 bits per heavy atom. The van der Waals surface area contributed by atoms with E-state index >= 15 is 0 Å². The molecule has 1 amide bonds. The highest BCUT2D eigenvalue weighted by molar-refractivity contribution is 7.15. The van der Waals surface area contributed by atoms with Crippen molar-refractivity contribution in [1.82, 2.24) is 19.8 Å². The summed E-state index contributed by atoms with van der Waals surface area (Å²) in [6.45, 7) is 3.15. The van der Waals surface area contributed by atoms with Gasteiger partial charge in [0.05, 0.1) is 33.3 Å². The topological polar surface area (TPSA) is 111 Å². The third kappa shape index (κ3) is 4.66. The second kappa shape index (κ2) is 9.51. The van der Waals surface area contributed by atoms with Gasteiger partial charge >= 0.3 is 6.09 Å². The normalized spacial score (nSPS) is 15.8. The van der Waals surface area contributed by atoms with E-state index < -0.39 is 23.0 Å². The number of thiazole rings is 1. The molecule has 1 aliphatic rings. The summed E-state index contributed by atoms with van der Waals surface area (Å²) in [5.74, 6) is -1.63. The van der Waals surface area contributed by atoms with Crippen LogP contribution in [0.5, 0.6) is 0 Å². The van der Waals surface area contributed by atoms with Gasteiger partial charge in [0, 0.05) is 24.7 Å². The molecular weight excluding hydrogens is 462 g/mol. The number of benzene rings is 1. The Morgan fingerprint density at radius 1 is 1.24 bits per heavy atom. The minimum Gasteiger partial charge on any atom is -0.442 e. The highest BCUT2D eigenvalue weighted by Crippen LogP contribution is 2.34. The summed E-state index contributed by atoms with van der Waals surface area (Å²) >= 11 is 1.33. The molecule has 1 aromatic carbocycles. The Labute approximate surface area is 200 Å². The number of nitrogen functional groups attached to an aromatic ring is 2. The lowest BCUT2D eigenvalue weighted by Crippen LogP contribution is -2.34. The van der Waals surface area contributed by atoms with E-state index in [1.54, 1.807) is 23.1 Å². The first-order valence-corrected chi connectivity index (χ1v) is 11.5. The number of carbonyl (C=O) groups excluding carboxylic acids is 1. The summed E-state index contributed by atoms with van der Waals surface area (Å²) in [5.41, 5.74) is 11.6. The molecule has 4 rings (SSSR count). The molecule has 1 saturated heterocycles. The molecule has 34 heavy (non-hydrogen) atoms. The minimum absolute atomic E-state index is 0.0432. The monoisotopic (exact) mass is 488 g/mol. The zero-order valence-electron chi connectivity index (χ0n) is 19.1. The van der Waals surface area contributed by atoms with Gasteiger partial charge in [0.25, 0.3) is 0 Å². The van der Waals surface area contributed by atoms with Gasteiger partial charge in [0.2, 0.25) is 0 Å². The van der Waals surface area contributed by atoms with Crippen molar-refractivity contribution in [1.29, 1.82) is 0 Å². The summed E-state index contributed by atoms with van der Waals surface area (Å²) in [7, 11) is 3.99. The molecule has 0 radical (unpaired) electrons. The Bertz CT molecular complexity index is 1230. The van der Waals surface area contributed by atoms with E-state index in [0.717, 1.165) is 17.4 Å². The molecular formula is C23H26F2N6O2S. The van der Waals surface area contributed by atoms with Crippen molar-refractivity contribution in [3.05, 3.63) is 46.6 Å². The van der Waals surface area contributed by atoms with Gasteiger partial charge in [-0.2, -0.15) is 0 Å². The van der Waals surface area contributed by atoms with E-state index in [4.69, 9.17) is 16.2 Å². The van der Waals surface area contributed by atoms with Gasteiger partial charge in [-0.1, -0.05) is 6.07 Å². The van der Waals surface area contributed by atoms with Gasteiger partial charge in [0.1, 0.15) is 17.4 Å². The van der Waals surface area contributed by atoms with Crippen LogP contribution in [0.1, 0.15) is 17.1 Å². The number of hydrogen-bond donors (Lipinski definition) is 2. The van der Waals surface area contributed by atoms with E-state index in [1.165, 1.54) is 11.3 Å². The number of likely N-dealkylation sites (N-methyl/N-ethyl adjacent to an activating group) is 1. The SMILES string of the molecule is Cc1nc(COC(=O)N2CCC(N(C)C)C2)sc1-c1cccc(-c2cc(F)c(N)c(N)c2F)n1. The molecule has 0 aliphatic carbocycles. The fourth-order valence-corrected chi connectivity index (χ4v) is 4.80. The Kier molecular flexibility index (Phi) is 6.67. The standard InChI is InChI=1S/C23H26F2N6O2S/c1-12-22(34-18(28-12)11-33-23(32)31-8-7-13(10-31)30(2)3)17-6-4-5-16(29-17)14-9-15(24)20(26)21(27)19(14)25/h4-6,9,13H,7-8,10-11,26-27H2,1-3H3. The summed E-state index contributed by atoms with van der Waals surface area (Å²) in [6.07, 6.45) is 0.548. The Balaban J connectivity index is 1.51. The molecule has 1 atom stereocenters. The Morgan fingerprint density at radius 2 is 1.97 bits per heavy atom. The smallest absolute Gasteiger partial charge is 0.410 e. The second-order valence-electron chi connectivity index (χ2n) is 8.38. The number of hydrogen-bond acceptors (Lipinski definition) is 8. The highest BCUT2D eigenvalue weighted by atomic mass is 32.1. The molecule has 1 fully saturated rings. The summed E-state index contributed by atoms with van der Waals surface area (Å²) in [6, 6.07) is 6.31. The maximum Gasteiger partial charge on any atom is 0.410 e. The predicted molar refractivity (Wildman–Crippen MR) is 128 cm³/mol. The maximum atomic E-state index is 14.6. The predicted octanol–water partition coefficient (Wildman–Crippen LogP) is 3.90. The van der Waals surface area contributed by atoms with E-state index in [1.807, 2.05) is 21.0 Å². The Hall–Kier alpha value is -3.31. The summed E-state index contributed by atoms with van der Waals surface area (Å²) < 4.78 is 34.2. The number of nitrogens with zero attached hydrogens (tertiary/aromatic N) is 4. The van der Waals surface area contributed by atoms with Crippen molar-refractivity contribution < 1.29 is 18.3 Å². The zero-order valence-corrected chi connectivity index (χ0v) is 20.0. The number of pyridine rings is 1. The number of ether oxygens (including phenoxy) is 1. The summed E-state index contributed by atoms with van der Waals surface area (Å²) in [5, 5.41) is 0.616. The fourth-order valence-electron chi connectivity index (χ4n) is 3.85. The van der Waals surface area contributed by atoms with Gasteiger partial charge in [0.15, 0.2) is 5.82 Å². The minimum atomic E-state index is -0.824. The van der Waals surface area contributed by atoms with Crippen LogP contribution in [0, 0.1) is 18.6 Å². The third-order valence-electron chi connectivity index (χ3n) is 5.86. The number of rotatable bonds is 5. The molecule has 11 heteroatoms. The van der Waals surface area contributed by atoms with E-state index in [0.29, 0.717) is 35.5 Å². The van der Waals surface area contributed by atoms with E-state index in [2.05, 4.69) is 14.9 Å². The second-order valence-corrected chi connectivity index (χ2v) is 9.47. The van der Waals surface area contributed by atoms with Crippen LogP contribution in [0.25, 0.3) is 21.8 Å². The van der Waals surface area contributed by atoms with Gasteiger partial charge in [-0.15, -0.1) is 11.3 Å². The van der Waals surface area contributed by atoms with Crippen LogP contribution in [0.2, 0.25) is 0 Å². The van der Waals surface area contributed by atoms with Gasteiger partial charge in [-0.3, -0.25) is 0 Å². The van der Waals surface area contributed by atoms with E-state index in [-0.39, 0.29) is 24.0 Å². The molecule has 0 saturated carbocycles. The van der Waals surface area contributed by atoms with Crippen molar-refractivity contribution in [2.75, 3.05) is 38.7 Å². The number of likely N-dealkylation sites (tertiary alicyclic amines) is 1. The van der Waals surface area contributed by atoms with Crippen molar-refractivity contribution in [2.45, 2.75) is 26.0 Å². The van der Waals surface area contributed by atoms with Crippen LogP contribution < -0.4 is 11.5 Å². The lowest BCUT2D eigenvalue weighted by Gasteiger charge is -2.19. The van der Waals surface area contributed by atoms with Crippen molar-refractivity contribution in [3.8, 4) is 21.8 Å². The third-order valence-corrected chi connectivity index (χ3v) is 7.01. The first-order valence-electron chi connectivity index (χ1n) is 10.7. The van der Waals surface area contributed by atoms with Crippen LogP contribution in [-0.2, 0) is 11.3 Å². The first-order chi connectivity index (χ1) is 16.2. The number of aromatic nitrogens is 2. The highest BCUT2D eigenvalue weighted by Gasteiger charge is 2.28. The number of nitrogens with two attached hydrogens (primary N) is 2. The number of aryl methyl sites for hydroxylation is 1. The zero-order chi connectivity index (χ0) is 24.6. The van der Waals surface area contributed by atoms with Crippen LogP contribution in [0.4, 0.5) is 25.0 Å². The molecule has 0 bridgehead atoms.